The molecule has 3 aliphatic rings. The summed E-state index contributed by atoms with van der Waals surface area (Å²) in [5.41, 5.74) is -0.137. The molecule has 1 aliphatic carbocycles. The van der Waals surface area contributed by atoms with Crippen molar-refractivity contribution in [2.24, 2.45) is 16.7 Å². The molecule has 3 atom stereocenters. The third-order valence-corrected chi connectivity index (χ3v) is 5.17. The molecule has 0 bridgehead atoms. The predicted octanol–water partition coefficient (Wildman–Crippen LogP) is 1.36. The number of carbonyl (C=O) groups is 1. The van der Waals surface area contributed by atoms with Crippen LogP contribution in [0.4, 0.5) is 0 Å². The van der Waals surface area contributed by atoms with Crippen molar-refractivity contribution in [1.82, 2.24) is 0 Å². The van der Waals surface area contributed by atoms with Gasteiger partial charge < -0.3 is 9.47 Å². The van der Waals surface area contributed by atoms with E-state index in [-0.39, 0.29) is 28.3 Å². The lowest BCUT2D eigenvalue weighted by Crippen LogP contribution is -2.72. The van der Waals surface area contributed by atoms with E-state index >= 15 is 0 Å². The van der Waals surface area contributed by atoms with Gasteiger partial charge in [0.2, 0.25) is 0 Å². The molecule has 78 valence electrons. The molecule has 1 saturated carbocycles. The molecule has 2 heterocycles. The van der Waals surface area contributed by atoms with Gasteiger partial charge in [0.1, 0.15) is 12.2 Å². The summed E-state index contributed by atoms with van der Waals surface area (Å²) < 4.78 is 11.0. The lowest BCUT2D eigenvalue weighted by molar-refractivity contribution is -0.244. The average molecular weight is 196 g/mol. The van der Waals surface area contributed by atoms with Crippen molar-refractivity contribution in [1.29, 1.82) is 0 Å². The Morgan fingerprint density at radius 1 is 1.36 bits per heavy atom. The van der Waals surface area contributed by atoms with E-state index in [9.17, 15) is 4.79 Å². The fourth-order valence-corrected chi connectivity index (χ4v) is 3.93. The van der Waals surface area contributed by atoms with E-state index in [0.717, 1.165) is 13.0 Å². The third-order valence-electron chi connectivity index (χ3n) is 5.17. The number of rotatable bonds is 0. The van der Waals surface area contributed by atoms with E-state index in [0.29, 0.717) is 6.61 Å². The minimum atomic E-state index is -0.284. The van der Waals surface area contributed by atoms with Gasteiger partial charge in [-0.25, -0.2) is 0 Å². The van der Waals surface area contributed by atoms with Crippen LogP contribution < -0.4 is 0 Å². The van der Waals surface area contributed by atoms with Crippen molar-refractivity contribution in [3.05, 3.63) is 0 Å². The molecule has 0 aromatic carbocycles. The molecule has 0 N–H and O–H groups in total. The van der Waals surface area contributed by atoms with Gasteiger partial charge in [0.25, 0.3) is 0 Å². The zero-order valence-corrected chi connectivity index (χ0v) is 8.92. The first-order chi connectivity index (χ1) is 6.46. The predicted molar refractivity (Wildman–Crippen MR) is 49.6 cm³/mol. The van der Waals surface area contributed by atoms with Crippen LogP contribution in [0.5, 0.6) is 0 Å². The van der Waals surface area contributed by atoms with Gasteiger partial charge in [0.05, 0.1) is 5.92 Å². The van der Waals surface area contributed by atoms with Crippen LogP contribution in [0.2, 0.25) is 0 Å². The van der Waals surface area contributed by atoms with Crippen molar-refractivity contribution in [3.8, 4) is 0 Å². The molecule has 3 rings (SSSR count). The monoisotopic (exact) mass is 196 g/mol. The molecule has 2 aliphatic heterocycles. The second-order valence-corrected chi connectivity index (χ2v) is 5.58. The van der Waals surface area contributed by atoms with E-state index in [4.69, 9.17) is 9.47 Å². The number of cyclic esters (lactones) is 1. The third kappa shape index (κ3) is 0.553. The summed E-state index contributed by atoms with van der Waals surface area (Å²) in [5, 5.41) is 0. The zero-order valence-electron chi connectivity index (χ0n) is 8.92. The number of hydrogen-bond donors (Lipinski definition) is 0. The Kier molecular flexibility index (Phi) is 1.25. The fourth-order valence-electron chi connectivity index (χ4n) is 3.93. The highest BCUT2D eigenvalue weighted by Gasteiger charge is 2.82. The lowest BCUT2D eigenvalue weighted by atomic mass is 9.38. The normalized spacial score (nSPS) is 53.4. The van der Waals surface area contributed by atoms with E-state index in [1.807, 2.05) is 0 Å². The van der Waals surface area contributed by atoms with Gasteiger partial charge in [0.15, 0.2) is 0 Å². The quantitative estimate of drug-likeness (QED) is 0.549. The minimum absolute atomic E-state index is 0.0249. The fraction of sp³-hybridized carbons (Fsp3) is 0.909. The first-order valence-corrected chi connectivity index (χ1v) is 5.26. The standard InChI is InChI=1S/C11H16O3/c1-9(2)7-8(12)13-6-11(7)10(9,3)4-5-14-11/h7H,4-6H2,1-3H3/t7-,10-,11+/m1/s1. The number of esters is 1. The molecule has 3 fully saturated rings. The second kappa shape index (κ2) is 2.01. The molecule has 3 nitrogen and oxygen atoms in total. The van der Waals surface area contributed by atoms with Crippen LogP contribution in [0.3, 0.4) is 0 Å². The van der Waals surface area contributed by atoms with Crippen molar-refractivity contribution in [2.45, 2.75) is 32.8 Å². The van der Waals surface area contributed by atoms with Crippen molar-refractivity contribution in [2.75, 3.05) is 13.2 Å². The maximum atomic E-state index is 11.6. The van der Waals surface area contributed by atoms with Gasteiger partial charge in [-0.15, -0.1) is 0 Å². The Labute approximate surface area is 83.8 Å². The first kappa shape index (κ1) is 8.72. The Balaban J connectivity index is 2.13. The van der Waals surface area contributed by atoms with E-state index in [1.165, 1.54) is 0 Å². The van der Waals surface area contributed by atoms with Gasteiger partial charge in [-0.05, 0) is 11.8 Å². The molecule has 0 aromatic heterocycles. The van der Waals surface area contributed by atoms with E-state index in [1.54, 1.807) is 0 Å². The maximum absolute atomic E-state index is 11.6. The zero-order chi connectivity index (χ0) is 10.2. The molecule has 0 aromatic rings. The molecule has 0 radical (unpaired) electrons. The van der Waals surface area contributed by atoms with Crippen LogP contribution in [-0.2, 0) is 14.3 Å². The van der Waals surface area contributed by atoms with Crippen molar-refractivity contribution in [3.63, 3.8) is 0 Å². The first-order valence-electron chi connectivity index (χ1n) is 5.26. The highest BCUT2D eigenvalue weighted by atomic mass is 16.6. The van der Waals surface area contributed by atoms with Crippen LogP contribution in [0, 0.1) is 16.7 Å². The molecular weight excluding hydrogens is 180 g/mol. The van der Waals surface area contributed by atoms with Gasteiger partial charge in [-0.1, -0.05) is 20.8 Å². The molecule has 3 heteroatoms. The van der Waals surface area contributed by atoms with Crippen LogP contribution >= 0.6 is 0 Å². The summed E-state index contributed by atoms with van der Waals surface area (Å²) in [7, 11) is 0. The van der Waals surface area contributed by atoms with Crippen LogP contribution in [0.25, 0.3) is 0 Å². The summed E-state index contributed by atoms with van der Waals surface area (Å²) in [6.07, 6.45) is 1.05. The summed E-state index contributed by atoms with van der Waals surface area (Å²) in [4.78, 5) is 11.6. The molecule has 2 saturated heterocycles. The smallest absolute Gasteiger partial charge is 0.312 e. The summed E-state index contributed by atoms with van der Waals surface area (Å²) >= 11 is 0. The van der Waals surface area contributed by atoms with Gasteiger partial charge in [-0.2, -0.15) is 0 Å². The van der Waals surface area contributed by atoms with Gasteiger partial charge in [0, 0.05) is 12.0 Å². The van der Waals surface area contributed by atoms with Crippen LogP contribution in [-0.4, -0.2) is 24.8 Å². The highest BCUT2D eigenvalue weighted by molar-refractivity contribution is 5.80. The molecule has 0 amide bonds. The summed E-state index contributed by atoms with van der Waals surface area (Å²) in [5.74, 6) is -0.100. The number of hydrogen-bond acceptors (Lipinski definition) is 3. The summed E-state index contributed by atoms with van der Waals surface area (Å²) in [6.45, 7) is 7.80. The Morgan fingerprint density at radius 2 is 2.07 bits per heavy atom. The number of carbonyl (C=O) groups excluding carboxylic acids is 1. The lowest BCUT2D eigenvalue weighted by Gasteiger charge is -2.64. The average Bonchev–Trinajstić information content (AvgIpc) is 2.56. The van der Waals surface area contributed by atoms with Gasteiger partial charge in [-0.3, -0.25) is 4.79 Å². The van der Waals surface area contributed by atoms with Crippen molar-refractivity contribution >= 4 is 5.97 Å². The van der Waals surface area contributed by atoms with E-state index in [2.05, 4.69) is 20.8 Å². The largest absolute Gasteiger partial charge is 0.462 e. The topological polar surface area (TPSA) is 35.5 Å². The molecule has 0 unspecified atom stereocenters. The molecule has 1 spiro atoms. The van der Waals surface area contributed by atoms with Crippen LogP contribution in [0.1, 0.15) is 27.2 Å². The second-order valence-electron chi connectivity index (χ2n) is 5.58. The van der Waals surface area contributed by atoms with Crippen LogP contribution in [0.15, 0.2) is 0 Å². The number of ether oxygens (including phenoxy) is 2. The van der Waals surface area contributed by atoms with E-state index < -0.39 is 0 Å². The Morgan fingerprint density at radius 3 is 2.79 bits per heavy atom. The Hall–Kier alpha value is -0.570. The van der Waals surface area contributed by atoms with Gasteiger partial charge >= 0.3 is 5.97 Å². The Bertz CT molecular complexity index is 322. The summed E-state index contributed by atoms with van der Waals surface area (Å²) in [6, 6.07) is 0. The molecular formula is C11H16O3. The maximum Gasteiger partial charge on any atom is 0.312 e. The highest BCUT2D eigenvalue weighted by Crippen LogP contribution is 2.74. The van der Waals surface area contributed by atoms with Crippen molar-refractivity contribution < 1.29 is 14.3 Å². The molecule has 14 heavy (non-hydrogen) atoms. The minimum Gasteiger partial charge on any atom is -0.462 e. The SMILES string of the molecule is CC1(C)[C@H]2C(=O)OC[C@]23OCC[C@]13C.